The fourth-order valence-electron chi connectivity index (χ4n) is 2.50. The molecule has 0 radical (unpaired) electrons. The van der Waals surface area contributed by atoms with Gasteiger partial charge in [-0.3, -0.25) is 0 Å². The summed E-state index contributed by atoms with van der Waals surface area (Å²) >= 11 is 0. The molecule has 1 aromatic rings. The minimum absolute atomic E-state index is 0.0236. The van der Waals surface area contributed by atoms with Crippen molar-refractivity contribution < 1.29 is 15.0 Å². The summed E-state index contributed by atoms with van der Waals surface area (Å²) in [7, 11) is 0. The van der Waals surface area contributed by atoms with Crippen LogP contribution in [0.2, 0.25) is 0 Å². The molecule has 1 saturated heterocycles. The first kappa shape index (κ1) is 11.9. The lowest BCUT2D eigenvalue weighted by atomic mass is 10.1. The van der Waals surface area contributed by atoms with Crippen molar-refractivity contribution >= 4 is 11.7 Å². The summed E-state index contributed by atoms with van der Waals surface area (Å²) in [6.07, 6.45) is 1.45. The van der Waals surface area contributed by atoms with Crippen LogP contribution in [0.5, 0.6) is 0 Å². The highest BCUT2D eigenvalue weighted by molar-refractivity contribution is 5.94. The van der Waals surface area contributed by atoms with Gasteiger partial charge in [0, 0.05) is 6.54 Å². The van der Waals surface area contributed by atoms with E-state index < -0.39 is 12.1 Å². The molecule has 17 heavy (non-hydrogen) atoms. The Balaban J connectivity index is 2.36. The topological polar surface area (TPSA) is 60.8 Å². The number of nitrogens with zero attached hydrogens (tertiary/aromatic N) is 1. The molecule has 1 aliphatic rings. The predicted octanol–water partition coefficient (Wildman–Crippen LogP) is 1.73. The highest BCUT2D eigenvalue weighted by atomic mass is 16.4. The highest BCUT2D eigenvalue weighted by Gasteiger charge is 2.30. The monoisotopic (exact) mass is 235 g/mol. The van der Waals surface area contributed by atoms with Crippen LogP contribution in [0.15, 0.2) is 24.3 Å². The third-order valence-electron chi connectivity index (χ3n) is 3.30. The number of aliphatic hydroxyl groups is 1. The van der Waals surface area contributed by atoms with E-state index in [1.807, 2.05) is 17.0 Å². The molecule has 1 fully saturated rings. The van der Waals surface area contributed by atoms with E-state index in [4.69, 9.17) is 5.11 Å². The molecule has 0 bridgehead atoms. The number of hydrogen-bond donors (Lipinski definition) is 2. The number of aliphatic hydroxyl groups excluding tert-OH is 1. The average Bonchev–Trinajstić information content (AvgIpc) is 2.77. The van der Waals surface area contributed by atoms with Crippen molar-refractivity contribution in [3.05, 3.63) is 29.8 Å². The second-order valence-electron chi connectivity index (χ2n) is 4.47. The van der Waals surface area contributed by atoms with Gasteiger partial charge in [-0.15, -0.1) is 0 Å². The number of carboxylic acid groups (broad SMARTS) is 1. The Kier molecular flexibility index (Phi) is 3.33. The average molecular weight is 235 g/mol. The van der Waals surface area contributed by atoms with E-state index in [9.17, 15) is 9.90 Å². The molecule has 1 heterocycles. The summed E-state index contributed by atoms with van der Waals surface area (Å²) in [6, 6.07) is 6.99. The number of carboxylic acids is 1. The smallest absolute Gasteiger partial charge is 0.337 e. The first-order valence-corrected chi connectivity index (χ1v) is 5.88. The second-order valence-corrected chi connectivity index (χ2v) is 4.47. The highest BCUT2D eigenvalue weighted by Crippen LogP contribution is 2.30. The molecule has 0 unspecified atom stereocenters. The number of para-hydroxylation sites is 1. The van der Waals surface area contributed by atoms with E-state index in [1.165, 1.54) is 0 Å². The van der Waals surface area contributed by atoms with E-state index in [2.05, 4.69) is 0 Å². The van der Waals surface area contributed by atoms with Gasteiger partial charge in [-0.2, -0.15) is 0 Å². The number of anilines is 1. The molecule has 1 aromatic carbocycles. The minimum Gasteiger partial charge on any atom is -0.478 e. The maximum atomic E-state index is 11.2. The summed E-state index contributed by atoms with van der Waals surface area (Å²) in [4.78, 5) is 13.2. The molecule has 2 N–H and O–H groups in total. The van der Waals surface area contributed by atoms with Crippen LogP contribution < -0.4 is 4.90 Å². The molecule has 4 heteroatoms. The number of carbonyl (C=O) groups is 1. The van der Waals surface area contributed by atoms with Crippen molar-refractivity contribution in [1.29, 1.82) is 0 Å². The van der Waals surface area contributed by atoms with E-state index in [-0.39, 0.29) is 6.04 Å². The van der Waals surface area contributed by atoms with Crippen molar-refractivity contribution in [1.82, 2.24) is 0 Å². The first-order valence-electron chi connectivity index (χ1n) is 5.88. The Morgan fingerprint density at radius 3 is 2.82 bits per heavy atom. The van der Waals surface area contributed by atoms with Crippen molar-refractivity contribution in [3.63, 3.8) is 0 Å². The fraction of sp³-hybridized carbons (Fsp3) is 0.462. The van der Waals surface area contributed by atoms with Gasteiger partial charge >= 0.3 is 5.97 Å². The maximum Gasteiger partial charge on any atom is 0.337 e. The largest absolute Gasteiger partial charge is 0.478 e. The Hall–Kier alpha value is -1.55. The zero-order valence-corrected chi connectivity index (χ0v) is 9.84. The van der Waals surface area contributed by atoms with Crippen LogP contribution in [0.4, 0.5) is 5.69 Å². The number of aromatic carboxylic acids is 1. The lowest BCUT2D eigenvalue weighted by Gasteiger charge is -2.29. The zero-order valence-electron chi connectivity index (χ0n) is 9.84. The Bertz CT molecular complexity index is 417. The summed E-state index contributed by atoms with van der Waals surface area (Å²) in [6.45, 7) is 2.56. The van der Waals surface area contributed by atoms with Crippen LogP contribution in [0.3, 0.4) is 0 Å². The Morgan fingerprint density at radius 1 is 1.47 bits per heavy atom. The molecule has 2 rings (SSSR count). The molecule has 0 aromatic heterocycles. The molecule has 4 nitrogen and oxygen atoms in total. The molecular weight excluding hydrogens is 218 g/mol. The summed E-state index contributed by atoms with van der Waals surface area (Å²) in [5.74, 6) is -0.920. The molecule has 0 aliphatic carbocycles. The van der Waals surface area contributed by atoms with Gasteiger partial charge in [-0.05, 0) is 31.9 Å². The SMILES string of the molecule is C[C@H](O)[C@@H]1CCCN1c1ccccc1C(=O)O. The van der Waals surface area contributed by atoms with Gasteiger partial charge in [-0.25, -0.2) is 4.79 Å². The van der Waals surface area contributed by atoms with Crippen molar-refractivity contribution in [2.24, 2.45) is 0 Å². The van der Waals surface area contributed by atoms with Crippen molar-refractivity contribution in [2.45, 2.75) is 31.9 Å². The van der Waals surface area contributed by atoms with Gasteiger partial charge in [0.05, 0.1) is 23.4 Å². The Morgan fingerprint density at radius 2 is 2.18 bits per heavy atom. The lowest BCUT2D eigenvalue weighted by Crippen LogP contribution is -2.38. The van der Waals surface area contributed by atoms with Gasteiger partial charge in [-0.1, -0.05) is 12.1 Å². The predicted molar refractivity (Wildman–Crippen MR) is 65.5 cm³/mol. The van der Waals surface area contributed by atoms with Crippen LogP contribution in [-0.4, -0.2) is 34.9 Å². The van der Waals surface area contributed by atoms with Gasteiger partial charge in [0.25, 0.3) is 0 Å². The molecule has 2 atom stereocenters. The third-order valence-corrected chi connectivity index (χ3v) is 3.30. The quantitative estimate of drug-likeness (QED) is 0.837. The number of rotatable bonds is 3. The van der Waals surface area contributed by atoms with Crippen LogP contribution in [0.1, 0.15) is 30.1 Å². The van der Waals surface area contributed by atoms with Crippen LogP contribution in [0.25, 0.3) is 0 Å². The molecule has 0 spiro atoms. The fourth-order valence-corrected chi connectivity index (χ4v) is 2.50. The molecule has 0 saturated carbocycles. The van der Waals surface area contributed by atoms with Crippen LogP contribution >= 0.6 is 0 Å². The van der Waals surface area contributed by atoms with Gasteiger partial charge in [0.2, 0.25) is 0 Å². The Labute approximate surface area is 100 Å². The minimum atomic E-state index is -0.920. The second kappa shape index (κ2) is 4.75. The maximum absolute atomic E-state index is 11.2. The third kappa shape index (κ3) is 2.26. The van der Waals surface area contributed by atoms with Crippen LogP contribution in [0, 0.1) is 0 Å². The molecule has 0 amide bonds. The number of benzene rings is 1. The van der Waals surface area contributed by atoms with E-state index in [0.717, 1.165) is 19.4 Å². The van der Waals surface area contributed by atoms with E-state index in [1.54, 1.807) is 19.1 Å². The van der Waals surface area contributed by atoms with Gasteiger partial charge < -0.3 is 15.1 Å². The van der Waals surface area contributed by atoms with Crippen molar-refractivity contribution in [2.75, 3.05) is 11.4 Å². The van der Waals surface area contributed by atoms with E-state index >= 15 is 0 Å². The summed E-state index contributed by atoms with van der Waals surface area (Å²) in [5.41, 5.74) is 1.02. The van der Waals surface area contributed by atoms with E-state index in [0.29, 0.717) is 11.3 Å². The van der Waals surface area contributed by atoms with Gasteiger partial charge in [0.1, 0.15) is 0 Å². The van der Waals surface area contributed by atoms with Crippen molar-refractivity contribution in [3.8, 4) is 0 Å². The molecule has 1 aliphatic heterocycles. The number of hydrogen-bond acceptors (Lipinski definition) is 3. The standard InChI is InChI=1S/C13H17NO3/c1-9(15)11-7-4-8-14(11)12-6-3-2-5-10(12)13(16)17/h2-3,5-6,9,11,15H,4,7-8H2,1H3,(H,16,17)/t9-,11-/m0/s1. The summed E-state index contributed by atoms with van der Waals surface area (Å²) in [5, 5.41) is 18.9. The summed E-state index contributed by atoms with van der Waals surface area (Å²) < 4.78 is 0. The lowest BCUT2D eigenvalue weighted by molar-refractivity contribution is 0.0697. The first-order chi connectivity index (χ1) is 8.11. The normalized spacial score (nSPS) is 21.5. The molecule has 92 valence electrons. The van der Waals surface area contributed by atoms with Gasteiger partial charge in [0.15, 0.2) is 0 Å². The molecular formula is C13H17NO3. The zero-order chi connectivity index (χ0) is 12.4. The van der Waals surface area contributed by atoms with Crippen LogP contribution in [-0.2, 0) is 0 Å².